The summed E-state index contributed by atoms with van der Waals surface area (Å²) in [6.45, 7) is 11.3. The molecule has 0 radical (unpaired) electrons. The van der Waals surface area contributed by atoms with Crippen molar-refractivity contribution in [2.75, 3.05) is 13.2 Å². The first-order valence-electron chi connectivity index (χ1n) is 11.3. The molecule has 3 heteroatoms. The first-order chi connectivity index (χ1) is 12.3. The Morgan fingerprint density at radius 1 is 0.808 bits per heavy atom. The fourth-order valence-corrected chi connectivity index (χ4v) is 9.10. The molecule has 5 aliphatic rings. The van der Waals surface area contributed by atoms with Crippen LogP contribution in [-0.4, -0.2) is 30.2 Å². The maximum atomic E-state index is 10.7. The van der Waals surface area contributed by atoms with Gasteiger partial charge in [-0.2, -0.15) is 0 Å². The molecule has 1 aliphatic heterocycles. The Kier molecular flexibility index (Phi) is 3.94. The van der Waals surface area contributed by atoms with Gasteiger partial charge in [0.05, 0.1) is 19.3 Å². The van der Waals surface area contributed by atoms with Gasteiger partial charge in [-0.05, 0) is 79.4 Å². The lowest BCUT2D eigenvalue weighted by molar-refractivity contribution is -0.289. The van der Waals surface area contributed by atoms with Crippen LogP contribution in [-0.2, 0) is 9.47 Å². The highest BCUT2D eigenvalue weighted by Gasteiger charge is 2.65. The third-order valence-corrected chi connectivity index (χ3v) is 10.3. The van der Waals surface area contributed by atoms with Crippen LogP contribution < -0.4 is 0 Å². The van der Waals surface area contributed by atoms with Gasteiger partial charge in [-0.1, -0.05) is 27.7 Å². The molecule has 0 bridgehead atoms. The molecule has 3 nitrogen and oxygen atoms in total. The highest BCUT2D eigenvalue weighted by atomic mass is 16.7. The van der Waals surface area contributed by atoms with E-state index in [1.807, 2.05) is 0 Å². The van der Waals surface area contributed by atoms with Crippen molar-refractivity contribution in [3.63, 3.8) is 0 Å². The summed E-state index contributed by atoms with van der Waals surface area (Å²) in [5.41, 5.74) is 0.604. The van der Waals surface area contributed by atoms with E-state index in [0.717, 1.165) is 37.4 Å². The van der Waals surface area contributed by atoms with Gasteiger partial charge in [-0.15, -0.1) is 0 Å². The minimum Gasteiger partial charge on any atom is -0.393 e. The molecule has 26 heavy (non-hydrogen) atoms. The molecule has 0 aromatic carbocycles. The second kappa shape index (κ2) is 5.70. The third-order valence-electron chi connectivity index (χ3n) is 10.3. The van der Waals surface area contributed by atoms with E-state index in [4.69, 9.17) is 9.47 Å². The molecule has 5 rings (SSSR count). The molecule has 5 fully saturated rings. The van der Waals surface area contributed by atoms with E-state index >= 15 is 0 Å². The van der Waals surface area contributed by atoms with Crippen LogP contribution in [0, 0.1) is 46.3 Å². The molecule has 0 aromatic rings. The highest BCUT2D eigenvalue weighted by Crippen LogP contribution is 2.69. The molecule has 0 aromatic heterocycles. The van der Waals surface area contributed by atoms with Gasteiger partial charge >= 0.3 is 0 Å². The highest BCUT2D eigenvalue weighted by molar-refractivity contribution is 5.12. The Labute approximate surface area is 159 Å². The van der Waals surface area contributed by atoms with E-state index in [2.05, 4.69) is 27.7 Å². The largest absolute Gasteiger partial charge is 0.393 e. The van der Waals surface area contributed by atoms with Crippen LogP contribution in [0.5, 0.6) is 0 Å². The lowest BCUT2D eigenvalue weighted by atomic mass is 9.42. The lowest BCUT2D eigenvalue weighted by Crippen LogP contribution is -2.62. The zero-order valence-electron chi connectivity index (χ0n) is 17.2. The van der Waals surface area contributed by atoms with Crippen LogP contribution in [0.25, 0.3) is 0 Å². The first-order valence-corrected chi connectivity index (χ1v) is 11.3. The summed E-state index contributed by atoms with van der Waals surface area (Å²) in [5, 5.41) is 10.7. The van der Waals surface area contributed by atoms with E-state index in [1.165, 1.54) is 38.5 Å². The van der Waals surface area contributed by atoms with Crippen molar-refractivity contribution in [2.45, 2.75) is 84.5 Å². The van der Waals surface area contributed by atoms with Crippen molar-refractivity contribution < 1.29 is 14.6 Å². The molecule has 1 heterocycles. The van der Waals surface area contributed by atoms with E-state index in [1.54, 1.807) is 0 Å². The molecule has 1 spiro atoms. The Balaban J connectivity index is 1.47. The minimum absolute atomic E-state index is 0.0632. The van der Waals surface area contributed by atoms with Gasteiger partial charge in [0.15, 0.2) is 5.79 Å². The molecule has 4 aliphatic carbocycles. The van der Waals surface area contributed by atoms with Crippen LogP contribution in [0.1, 0.15) is 72.6 Å². The number of aliphatic hydroxyl groups excluding tert-OH is 1. The number of aliphatic hydroxyl groups is 1. The van der Waals surface area contributed by atoms with Crippen LogP contribution in [0.3, 0.4) is 0 Å². The molecule has 148 valence electrons. The maximum Gasteiger partial charge on any atom is 0.173 e. The molecular weight excluding hydrogens is 324 g/mol. The molecule has 9 atom stereocenters. The normalized spacial score (nSPS) is 58.3. The summed E-state index contributed by atoms with van der Waals surface area (Å²) in [6.07, 6.45) is 8.68. The molecule has 0 amide bonds. The van der Waals surface area contributed by atoms with Gasteiger partial charge in [0.2, 0.25) is 0 Å². The Bertz CT molecular complexity index is 570. The topological polar surface area (TPSA) is 38.7 Å². The predicted molar refractivity (Wildman–Crippen MR) is 101 cm³/mol. The quantitative estimate of drug-likeness (QED) is 0.683. The van der Waals surface area contributed by atoms with Crippen molar-refractivity contribution in [1.29, 1.82) is 0 Å². The van der Waals surface area contributed by atoms with Crippen molar-refractivity contribution in [2.24, 2.45) is 46.3 Å². The summed E-state index contributed by atoms with van der Waals surface area (Å²) in [7, 11) is 0. The van der Waals surface area contributed by atoms with Crippen LogP contribution >= 0.6 is 0 Å². The average molecular weight is 363 g/mol. The minimum atomic E-state index is -0.316. The van der Waals surface area contributed by atoms with Crippen LogP contribution in [0.4, 0.5) is 0 Å². The first kappa shape index (κ1) is 17.9. The summed E-state index contributed by atoms with van der Waals surface area (Å²) in [6, 6.07) is 0. The van der Waals surface area contributed by atoms with Gasteiger partial charge < -0.3 is 14.6 Å². The number of ether oxygens (including phenoxy) is 2. The average Bonchev–Trinajstić information content (AvgIpc) is 3.20. The smallest absolute Gasteiger partial charge is 0.173 e. The van der Waals surface area contributed by atoms with E-state index in [-0.39, 0.29) is 17.3 Å². The summed E-state index contributed by atoms with van der Waals surface area (Å²) in [5.74, 6) is 3.76. The summed E-state index contributed by atoms with van der Waals surface area (Å²) >= 11 is 0. The molecule has 1 N–H and O–H groups in total. The molecule has 1 saturated heterocycles. The monoisotopic (exact) mass is 362 g/mol. The third kappa shape index (κ3) is 2.06. The van der Waals surface area contributed by atoms with Gasteiger partial charge in [0.25, 0.3) is 0 Å². The van der Waals surface area contributed by atoms with Gasteiger partial charge in [-0.25, -0.2) is 0 Å². The predicted octanol–water partition coefficient (Wildman–Crippen LogP) is 4.63. The van der Waals surface area contributed by atoms with E-state index in [9.17, 15) is 5.11 Å². The van der Waals surface area contributed by atoms with Crippen LogP contribution in [0.15, 0.2) is 0 Å². The Morgan fingerprint density at radius 3 is 2.19 bits per heavy atom. The summed E-state index contributed by atoms with van der Waals surface area (Å²) in [4.78, 5) is 0. The molecular formula is C23H38O3. The van der Waals surface area contributed by atoms with Gasteiger partial charge in [0, 0.05) is 11.8 Å². The number of hydrogen-bond acceptors (Lipinski definition) is 3. The standard InChI is InChI=1S/C23H38O3/c1-14-13-22(4)17(15(2)23(14)25-11-12-26-23)6-5-16-18-7-8-20(24)21(18,3)10-9-19(16)22/h14-20,24H,5-13H2,1-4H3/t14?,15?,16-,17?,18-,19-,20?,21-,22-/m0/s1. The maximum absolute atomic E-state index is 10.7. The fourth-order valence-electron chi connectivity index (χ4n) is 9.10. The zero-order valence-corrected chi connectivity index (χ0v) is 17.2. The van der Waals surface area contributed by atoms with E-state index in [0.29, 0.717) is 23.2 Å². The fraction of sp³-hybridized carbons (Fsp3) is 1.00. The van der Waals surface area contributed by atoms with E-state index < -0.39 is 0 Å². The summed E-state index contributed by atoms with van der Waals surface area (Å²) < 4.78 is 12.6. The Hall–Kier alpha value is -0.120. The van der Waals surface area contributed by atoms with Crippen molar-refractivity contribution >= 4 is 0 Å². The van der Waals surface area contributed by atoms with Gasteiger partial charge in [0.1, 0.15) is 0 Å². The van der Waals surface area contributed by atoms with Crippen LogP contribution in [0.2, 0.25) is 0 Å². The van der Waals surface area contributed by atoms with Gasteiger partial charge in [-0.3, -0.25) is 0 Å². The number of hydrogen-bond donors (Lipinski definition) is 1. The second-order valence-corrected chi connectivity index (χ2v) is 11.0. The molecule has 4 unspecified atom stereocenters. The SMILES string of the molecule is CC1C[C@@]2(C)C(CC[C@@H]3[C@@H]2CC[C@]2(C)C(O)CC[C@@H]32)C(C)C12OCCO2. The Morgan fingerprint density at radius 2 is 1.46 bits per heavy atom. The number of rotatable bonds is 0. The lowest BCUT2D eigenvalue weighted by Gasteiger charge is -2.64. The van der Waals surface area contributed by atoms with Crippen molar-refractivity contribution in [1.82, 2.24) is 0 Å². The zero-order chi connectivity index (χ0) is 18.3. The van der Waals surface area contributed by atoms with Crippen molar-refractivity contribution in [3.05, 3.63) is 0 Å². The number of fused-ring (bicyclic) bond motifs is 5. The second-order valence-electron chi connectivity index (χ2n) is 11.0. The van der Waals surface area contributed by atoms with Crippen molar-refractivity contribution in [3.8, 4) is 0 Å². The molecule has 4 saturated carbocycles.